The van der Waals surface area contributed by atoms with E-state index >= 15 is 0 Å². The van der Waals surface area contributed by atoms with Crippen molar-refractivity contribution < 1.29 is 9.53 Å². The predicted molar refractivity (Wildman–Crippen MR) is 96.7 cm³/mol. The van der Waals surface area contributed by atoms with Crippen LogP contribution in [0.25, 0.3) is 0 Å². The molecule has 0 aliphatic carbocycles. The summed E-state index contributed by atoms with van der Waals surface area (Å²) in [5, 5.41) is 0. The van der Waals surface area contributed by atoms with Gasteiger partial charge in [0.05, 0.1) is 7.11 Å². The number of amides is 1. The van der Waals surface area contributed by atoms with Crippen LogP contribution in [-0.4, -0.2) is 30.5 Å². The molecule has 0 spiro atoms. The minimum Gasteiger partial charge on any atom is -0.497 e. The van der Waals surface area contributed by atoms with Crippen molar-refractivity contribution in [1.82, 2.24) is 4.90 Å². The van der Waals surface area contributed by atoms with Gasteiger partial charge in [-0.25, -0.2) is 0 Å². The lowest BCUT2D eigenvalue weighted by molar-refractivity contribution is 0.0735. The Balaban J connectivity index is 1.79. The van der Waals surface area contributed by atoms with Crippen molar-refractivity contribution in [2.75, 3.05) is 13.7 Å². The molecule has 1 aliphatic rings. The van der Waals surface area contributed by atoms with Crippen molar-refractivity contribution in [2.45, 2.75) is 39.2 Å². The number of ether oxygens (including phenoxy) is 1. The number of hydrogen-bond donors (Lipinski definition) is 0. The largest absolute Gasteiger partial charge is 0.497 e. The first-order chi connectivity index (χ1) is 11.6. The highest BCUT2D eigenvalue weighted by molar-refractivity contribution is 5.96. The second-order valence-electron chi connectivity index (χ2n) is 6.67. The number of methoxy groups -OCH3 is 1. The monoisotopic (exact) mass is 323 g/mol. The Labute approximate surface area is 144 Å². The van der Waals surface area contributed by atoms with Gasteiger partial charge in [-0.05, 0) is 62.4 Å². The fourth-order valence-electron chi connectivity index (χ4n) is 3.51. The van der Waals surface area contributed by atoms with E-state index in [1.165, 1.54) is 5.56 Å². The molecule has 24 heavy (non-hydrogen) atoms. The molecule has 1 fully saturated rings. The van der Waals surface area contributed by atoms with Crippen LogP contribution in [0.4, 0.5) is 0 Å². The summed E-state index contributed by atoms with van der Waals surface area (Å²) < 4.78 is 5.31. The molecule has 1 heterocycles. The molecule has 1 unspecified atom stereocenters. The molecule has 1 saturated heterocycles. The number of carbonyl (C=O) groups is 1. The lowest BCUT2D eigenvalue weighted by atomic mass is 10.0. The smallest absolute Gasteiger partial charge is 0.254 e. The molecule has 3 nitrogen and oxygen atoms in total. The zero-order valence-corrected chi connectivity index (χ0v) is 14.7. The van der Waals surface area contributed by atoms with Gasteiger partial charge in [0.1, 0.15) is 5.75 Å². The van der Waals surface area contributed by atoms with E-state index in [0.29, 0.717) is 0 Å². The predicted octanol–water partition coefficient (Wildman–Crippen LogP) is 4.16. The maximum atomic E-state index is 13.0. The average Bonchev–Trinajstić information content (AvgIpc) is 3.04. The van der Waals surface area contributed by atoms with Gasteiger partial charge < -0.3 is 9.64 Å². The number of carbonyl (C=O) groups excluding carboxylic acids is 1. The fraction of sp³-hybridized carbons (Fsp3) is 0.381. The van der Waals surface area contributed by atoms with Crippen LogP contribution in [0.1, 0.15) is 39.9 Å². The summed E-state index contributed by atoms with van der Waals surface area (Å²) in [7, 11) is 1.69. The van der Waals surface area contributed by atoms with Crippen molar-refractivity contribution >= 4 is 5.91 Å². The molecule has 0 aromatic heterocycles. The molecule has 1 aliphatic heterocycles. The Morgan fingerprint density at radius 3 is 2.83 bits per heavy atom. The molecule has 3 heteroatoms. The first-order valence-electron chi connectivity index (χ1n) is 8.59. The Kier molecular flexibility index (Phi) is 4.89. The first kappa shape index (κ1) is 16.6. The van der Waals surface area contributed by atoms with Gasteiger partial charge in [0.15, 0.2) is 0 Å². The van der Waals surface area contributed by atoms with Gasteiger partial charge in [-0.1, -0.05) is 29.8 Å². The minimum atomic E-state index is 0.168. The quantitative estimate of drug-likeness (QED) is 0.845. The van der Waals surface area contributed by atoms with E-state index in [4.69, 9.17) is 4.74 Å². The first-order valence-corrected chi connectivity index (χ1v) is 8.59. The van der Waals surface area contributed by atoms with Gasteiger partial charge >= 0.3 is 0 Å². The molecule has 126 valence electrons. The Hall–Kier alpha value is -2.29. The van der Waals surface area contributed by atoms with E-state index in [-0.39, 0.29) is 11.9 Å². The van der Waals surface area contributed by atoms with E-state index < -0.39 is 0 Å². The second kappa shape index (κ2) is 7.08. The third kappa shape index (κ3) is 3.45. The summed E-state index contributed by atoms with van der Waals surface area (Å²) in [6.45, 7) is 4.90. The van der Waals surface area contributed by atoms with Gasteiger partial charge in [0, 0.05) is 18.2 Å². The van der Waals surface area contributed by atoms with Gasteiger partial charge in [-0.15, -0.1) is 0 Å². The molecule has 0 radical (unpaired) electrons. The van der Waals surface area contributed by atoms with E-state index in [9.17, 15) is 4.79 Å². The van der Waals surface area contributed by atoms with Crippen molar-refractivity contribution in [3.63, 3.8) is 0 Å². The average molecular weight is 323 g/mol. The van der Waals surface area contributed by atoms with Crippen LogP contribution in [0.3, 0.4) is 0 Å². The molecule has 0 saturated carbocycles. The summed E-state index contributed by atoms with van der Waals surface area (Å²) in [6, 6.07) is 14.5. The summed E-state index contributed by atoms with van der Waals surface area (Å²) in [5.41, 5.74) is 4.25. The van der Waals surface area contributed by atoms with Crippen LogP contribution >= 0.6 is 0 Å². The number of aryl methyl sites for hydroxylation is 2. The Bertz CT molecular complexity index is 738. The Morgan fingerprint density at radius 1 is 1.21 bits per heavy atom. The highest BCUT2D eigenvalue weighted by atomic mass is 16.5. The Morgan fingerprint density at radius 2 is 2.04 bits per heavy atom. The summed E-state index contributed by atoms with van der Waals surface area (Å²) in [5.74, 6) is 1.04. The summed E-state index contributed by atoms with van der Waals surface area (Å²) >= 11 is 0. The lowest BCUT2D eigenvalue weighted by Gasteiger charge is -2.26. The minimum absolute atomic E-state index is 0.168. The summed E-state index contributed by atoms with van der Waals surface area (Å²) in [4.78, 5) is 15.1. The number of likely N-dealkylation sites (tertiary alicyclic amines) is 1. The highest BCUT2D eigenvalue weighted by Crippen LogP contribution is 2.26. The van der Waals surface area contributed by atoms with Crippen LogP contribution in [0.5, 0.6) is 5.75 Å². The molecule has 0 bridgehead atoms. The van der Waals surface area contributed by atoms with Crippen molar-refractivity contribution in [3.8, 4) is 5.75 Å². The van der Waals surface area contributed by atoms with Crippen molar-refractivity contribution in [2.24, 2.45) is 0 Å². The third-order valence-electron chi connectivity index (χ3n) is 4.87. The van der Waals surface area contributed by atoms with Gasteiger partial charge in [0.25, 0.3) is 5.91 Å². The van der Waals surface area contributed by atoms with Crippen LogP contribution in [0.15, 0.2) is 42.5 Å². The molecule has 1 amide bonds. The molecular formula is C21H25NO2. The zero-order chi connectivity index (χ0) is 17.1. The van der Waals surface area contributed by atoms with E-state index in [1.54, 1.807) is 7.11 Å². The third-order valence-corrected chi connectivity index (χ3v) is 4.87. The fourth-order valence-corrected chi connectivity index (χ4v) is 3.51. The molecule has 0 N–H and O–H groups in total. The van der Waals surface area contributed by atoms with Crippen molar-refractivity contribution in [1.29, 1.82) is 0 Å². The number of rotatable bonds is 4. The van der Waals surface area contributed by atoms with E-state index in [1.807, 2.05) is 38.1 Å². The highest BCUT2D eigenvalue weighted by Gasteiger charge is 2.30. The van der Waals surface area contributed by atoms with Crippen LogP contribution in [-0.2, 0) is 6.42 Å². The van der Waals surface area contributed by atoms with E-state index in [0.717, 1.165) is 48.2 Å². The normalized spacial score (nSPS) is 17.1. The SMILES string of the molecule is COc1cccc(CC2CCCN2C(=O)c2cc(C)ccc2C)c1. The van der Waals surface area contributed by atoms with Gasteiger partial charge in [-0.2, -0.15) is 0 Å². The van der Waals surface area contributed by atoms with E-state index in [2.05, 4.69) is 23.1 Å². The lowest BCUT2D eigenvalue weighted by Crippen LogP contribution is -2.37. The maximum absolute atomic E-state index is 13.0. The molecule has 1 atom stereocenters. The molecule has 3 rings (SSSR count). The number of benzene rings is 2. The second-order valence-corrected chi connectivity index (χ2v) is 6.67. The zero-order valence-electron chi connectivity index (χ0n) is 14.7. The standard InChI is InChI=1S/C21H25NO2/c1-15-9-10-16(2)20(12-15)21(23)22-11-5-7-18(22)13-17-6-4-8-19(14-17)24-3/h4,6,8-10,12,14,18H,5,7,11,13H2,1-3H3. The molecule has 2 aromatic carbocycles. The van der Waals surface area contributed by atoms with Gasteiger partial charge in [0.2, 0.25) is 0 Å². The van der Waals surface area contributed by atoms with Gasteiger partial charge in [-0.3, -0.25) is 4.79 Å². The summed E-state index contributed by atoms with van der Waals surface area (Å²) in [6.07, 6.45) is 3.02. The molecular weight excluding hydrogens is 298 g/mol. The number of nitrogens with zero attached hydrogens (tertiary/aromatic N) is 1. The van der Waals surface area contributed by atoms with Crippen molar-refractivity contribution in [3.05, 3.63) is 64.7 Å². The van der Waals surface area contributed by atoms with Crippen LogP contribution in [0.2, 0.25) is 0 Å². The number of hydrogen-bond acceptors (Lipinski definition) is 2. The van der Waals surface area contributed by atoms with Crippen LogP contribution < -0.4 is 4.74 Å². The maximum Gasteiger partial charge on any atom is 0.254 e. The molecule has 2 aromatic rings. The topological polar surface area (TPSA) is 29.5 Å². The van der Waals surface area contributed by atoms with Crippen LogP contribution in [0, 0.1) is 13.8 Å².